The Hall–Kier alpha value is -2.63. The number of aromatic hydroxyl groups is 1. The predicted molar refractivity (Wildman–Crippen MR) is 106 cm³/mol. The number of benzene rings is 2. The highest BCUT2D eigenvalue weighted by atomic mass is 35.5. The van der Waals surface area contributed by atoms with Crippen molar-refractivity contribution in [3.8, 4) is 16.9 Å². The fourth-order valence-corrected chi connectivity index (χ4v) is 3.55. The molecule has 2 aromatic carbocycles. The van der Waals surface area contributed by atoms with Gasteiger partial charge in [0, 0.05) is 22.7 Å². The van der Waals surface area contributed by atoms with Gasteiger partial charge in [-0.05, 0) is 24.6 Å². The molecule has 0 spiro atoms. The number of hydrogen-bond donors (Lipinski definition) is 2. The molecule has 6 heteroatoms. The second-order valence-electron chi connectivity index (χ2n) is 5.59. The minimum absolute atomic E-state index is 0. The van der Waals surface area contributed by atoms with Crippen molar-refractivity contribution in [2.75, 3.05) is 5.32 Å². The normalized spacial score (nSPS) is 10.4. The molecule has 4 aromatic rings. The van der Waals surface area contributed by atoms with Gasteiger partial charge in [-0.15, -0.1) is 23.7 Å². The first-order valence-electron chi connectivity index (χ1n) is 7.56. The third-order valence-electron chi connectivity index (χ3n) is 3.84. The van der Waals surface area contributed by atoms with Crippen molar-refractivity contribution < 1.29 is 5.11 Å². The molecule has 0 aliphatic heterocycles. The van der Waals surface area contributed by atoms with E-state index in [0.717, 1.165) is 32.8 Å². The average molecular weight is 370 g/mol. The first-order valence-corrected chi connectivity index (χ1v) is 8.44. The Bertz CT molecular complexity index is 1010. The Morgan fingerprint density at radius 3 is 2.60 bits per heavy atom. The van der Waals surface area contributed by atoms with Crippen LogP contribution in [0.4, 0.5) is 11.5 Å². The molecule has 2 N–H and O–H groups in total. The molecule has 0 amide bonds. The van der Waals surface area contributed by atoms with Crippen molar-refractivity contribution in [2.24, 2.45) is 0 Å². The van der Waals surface area contributed by atoms with Gasteiger partial charge in [-0.1, -0.05) is 35.9 Å². The molecule has 0 bridgehead atoms. The molecule has 126 valence electrons. The molecule has 0 aliphatic rings. The molecule has 0 unspecified atom stereocenters. The predicted octanol–water partition coefficient (Wildman–Crippen LogP) is 5.54. The lowest BCUT2D eigenvalue weighted by Gasteiger charge is -2.09. The van der Waals surface area contributed by atoms with E-state index in [4.69, 9.17) is 0 Å². The van der Waals surface area contributed by atoms with Crippen LogP contribution in [-0.2, 0) is 0 Å². The van der Waals surface area contributed by atoms with Crippen LogP contribution in [0.5, 0.6) is 5.75 Å². The van der Waals surface area contributed by atoms with Crippen LogP contribution in [0.1, 0.15) is 5.56 Å². The first-order chi connectivity index (χ1) is 11.7. The van der Waals surface area contributed by atoms with Crippen LogP contribution in [0.3, 0.4) is 0 Å². The summed E-state index contributed by atoms with van der Waals surface area (Å²) in [4.78, 5) is 9.73. The van der Waals surface area contributed by atoms with Crippen molar-refractivity contribution in [3.63, 3.8) is 0 Å². The summed E-state index contributed by atoms with van der Waals surface area (Å²) in [5, 5.41) is 16.0. The minimum atomic E-state index is 0. The number of halogens is 1. The van der Waals surface area contributed by atoms with Crippen molar-refractivity contribution in [3.05, 3.63) is 65.8 Å². The van der Waals surface area contributed by atoms with Crippen LogP contribution in [0.15, 0.2) is 60.2 Å². The smallest absolute Gasteiger partial charge is 0.143 e. The molecule has 0 fully saturated rings. The molecule has 2 aromatic heterocycles. The Morgan fingerprint density at radius 2 is 1.84 bits per heavy atom. The lowest BCUT2D eigenvalue weighted by molar-refractivity contribution is 0.475. The minimum Gasteiger partial charge on any atom is -0.508 e. The Kier molecular flexibility index (Phi) is 4.88. The van der Waals surface area contributed by atoms with E-state index in [0.29, 0.717) is 0 Å². The van der Waals surface area contributed by atoms with Gasteiger partial charge in [0.1, 0.15) is 22.7 Å². The molecule has 0 aliphatic carbocycles. The number of thiophene rings is 1. The second-order valence-corrected chi connectivity index (χ2v) is 6.45. The molecule has 0 radical (unpaired) electrons. The van der Waals surface area contributed by atoms with E-state index in [-0.39, 0.29) is 18.2 Å². The summed E-state index contributed by atoms with van der Waals surface area (Å²) < 4.78 is 0. The zero-order valence-electron chi connectivity index (χ0n) is 13.4. The summed E-state index contributed by atoms with van der Waals surface area (Å²) in [6.45, 7) is 2.08. The van der Waals surface area contributed by atoms with Gasteiger partial charge in [-0.3, -0.25) is 0 Å². The van der Waals surface area contributed by atoms with Gasteiger partial charge in [-0.2, -0.15) is 0 Å². The Morgan fingerprint density at radius 1 is 1.04 bits per heavy atom. The third-order valence-corrected chi connectivity index (χ3v) is 4.73. The molecule has 2 heterocycles. The zero-order chi connectivity index (χ0) is 16.5. The number of anilines is 2. The monoisotopic (exact) mass is 369 g/mol. The van der Waals surface area contributed by atoms with Gasteiger partial charge >= 0.3 is 0 Å². The van der Waals surface area contributed by atoms with E-state index in [9.17, 15) is 5.11 Å². The maximum Gasteiger partial charge on any atom is 0.143 e. The van der Waals surface area contributed by atoms with E-state index in [1.807, 2.05) is 6.07 Å². The van der Waals surface area contributed by atoms with Crippen LogP contribution in [0, 0.1) is 6.92 Å². The van der Waals surface area contributed by atoms with Crippen molar-refractivity contribution in [2.45, 2.75) is 6.92 Å². The molecule has 25 heavy (non-hydrogen) atoms. The summed E-state index contributed by atoms with van der Waals surface area (Å²) >= 11 is 1.60. The lowest BCUT2D eigenvalue weighted by atomic mass is 10.0. The van der Waals surface area contributed by atoms with E-state index in [2.05, 4.69) is 51.9 Å². The number of aryl methyl sites for hydroxylation is 1. The quantitative estimate of drug-likeness (QED) is 0.498. The maximum absolute atomic E-state index is 9.65. The standard InChI is InChI=1S/C19H15N3OS.ClH/c1-12-5-7-13(8-6-12)16-10-24-19-17(16)18(20-11-21-19)22-14-3-2-4-15(23)9-14;/h2-11,23H,1H3,(H,20,21,22);1H. The number of phenols is 1. The molecule has 4 rings (SSSR count). The summed E-state index contributed by atoms with van der Waals surface area (Å²) in [6.07, 6.45) is 1.56. The van der Waals surface area contributed by atoms with Crippen LogP contribution < -0.4 is 5.32 Å². The number of rotatable bonds is 3. The van der Waals surface area contributed by atoms with E-state index < -0.39 is 0 Å². The molecule has 4 nitrogen and oxygen atoms in total. The van der Waals surface area contributed by atoms with Gasteiger partial charge in [0.25, 0.3) is 0 Å². The van der Waals surface area contributed by atoms with Crippen LogP contribution >= 0.6 is 23.7 Å². The highest BCUT2D eigenvalue weighted by molar-refractivity contribution is 7.17. The second kappa shape index (κ2) is 7.09. The number of nitrogens with one attached hydrogen (secondary N) is 1. The summed E-state index contributed by atoms with van der Waals surface area (Å²) in [5.41, 5.74) is 4.27. The average Bonchev–Trinajstić information content (AvgIpc) is 3.01. The number of hydrogen-bond acceptors (Lipinski definition) is 5. The van der Waals surface area contributed by atoms with Gasteiger partial charge in [0.15, 0.2) is 0 Å². The van der Waals surface area contributed by atoms with E-state index in [1.54, 1.807) is 35.9 Å². The molecule has 0 saturated carbocycles. The molecular weight excluding hydrogens is 354 g/mol. The number of nitrogens with zero attached hydrogens (tertiary/aromatic N) is 2. The van der Waals surface area contributed by atoms with Crippen molar-refractivity contribution >= 4 is 45.5 Å². The van der Waals surface area contributed by atoms with Gasteiger partial charge in [0.05, 0.1) is 5.39 Å². The SMILES string of the molecule is Cc1ccc(-c2csc3ncnc(Nc4cccc(O)c4)c23)cc1.Cl. The topological polar surface area (TPSA) is 58.0 Å². The van der Waals surface area contributed by atoms with Gasteiger partial charge < -0.3 is 10.4 Å². The highest BCUT2D eigenvalue weighted by Crippen LogP contribution is 2.37. The summed E-state index contributed by atoms with van der Waals surface area (Å²) in [6, 6.07) is 15.4. The van der Waals surface area contributed by atoms with Gasteiger partial charge in [-0.25, -0.2) is 9.97 Å². The fraction of sp³-hybridized carbons (Fsp3) is 0.0526. The number of aromatic nitrogens is 2. The van der Waals surface area contributed by atoms with Gasteiger partial charge in [0.2, 0.25) is 0 Å². The number of phenolic OH excluding ortho intramolecular Hbond substituents is 1. The maximum atomic E-state index is 9.65. The van der Waals surface area contributed by atoms with E-state index in [1.165, 1.54) is 5.56 Å². The van der Waals surface area contributed by atoms with E-state index >= 15 is 0 Å². The number of fused-ring (bicyclic) bond motifs is 1. The lowest BCUT2D eigenvalue weighted by Crippen LogP contribution is -1.95. The molecular formula is C19H16ClN3OS. The summed E-state index contributed by atoms with van der Waals surface area (Å²) in [5.74, 6) is 0.955. The fourth-order valence-electron chi connectivity index (χ4n) is 2.64. The Labute approximate surface area is 155 Å². The summed E-state index contributed by atoms with van der Waals surface area (Å²) in [7, 11) is 0. The molecule has 0 atom stereocenters. The third kappa shape index (κ3) is 3.43. The van der Waals surface area contributed by atoms with Crippen molar-refractivity contribution in [1.82, 2.24) is 9.97 Å². The van der Waals surface area contributed by atoms with Crippen LogP contribution in [-0.4, -0.2) is 15.1 Å². The zero-order valence-corrected chi connectivity index (χ0v) is 15.1. The Balaban J connectivity index is 0.00000182. The van der Waals surface area contributed by atoms with Crippen molar-refractivity contribution in [1.29, 1.82) is 0 Å². The van der Waals surface area contributed by atoms with Crippen LogP contribution in [0.2, 0.25) is 0 Å². The first kappa shape index (κ1) is 17.2. The largest absolute Gasteiger partial charge is 0.508 e. The molecule has 0 saturated heterocycles. The highest BCUT2D eigenvalue weighted by Gasteiger charge is 2.13. The van der Waals surface area contributed by atoms with Crippen LogP contribution in [0.25, 0.3) is 21.3 Å².